The smallest absolute Gasteiger partial charge is 0.337 e. The van der Waals surface area contributed by atoms with E-state index in [0.717, 1.165) is 36.0 Å². The average Bonchev–Trinajstić information content (AvgIpc) is 2.75. The largest absolute Gasteiger partial charge is 0.465 e. The zero-order valence-corrected chi connectivity index (χ0v) is 15.9. The minimum absolute atomic E-state index is 0.331. The van der Waals surface area contributed by atoms with Gasteiger partial charge in [0.15, 0.2) is 0 Å². The van der Waals surface area contributed by atoms with E-state index in [1.165, 1.54) is 18.2 Å². The molecule has 2 aromatic rings. The second-order valence-corrected chi connectivity index (χ2v) is 7.59. The molecule has 0 N–H and O–H groups in total. The molecule has 3 nitrogen and oxygen atoms in total. The number of ether oxygens (including phenoxy) is 1. The molecule has 0 radical (unpaired) electrons. The van der Waals surface area contributed by atoms with Crippen LogP contribution in [0, 0.1) is 19.4 Å². The fraction of sp³-hybridized carbons (Fsp3) is 0.391. The summed E-state index contributed by atoms with van der Waals surface area (Å²) in [6.45, 7) is 14.6. The summed E-state index contributed by atoms with van der Waals surface area (Å²) < 4.78 is 4.88. The third-order valence-corrected chi connectivity index (χ3v) is 5.24. The summed E-state index contributed by atoms with van der Waals surface area (Å²) in [6.07, 6.45) is 2.47. The first-order valence-corrected chi connectivity index (χ1v) is 9.11. The summed E-state index contributed by atoms with van der Waals surface area (Å²) in [5.74, 6) is 0.0483. The SMILES string of the molecule is [C-]#[N+]C1(CC(C)C)c2ccc(C)cc2CCc2cc(C(=O)OC)ccc21. The number of hydrogen-bond donors (Lipinski definition) is 0. The normalized spacial score (nSPS) is 18.5. The molecule has 0 saturated carbocycles. The van der Waals surface area contributed by atoms with E-state index in [1.807, 2.05) is 12.1 Å². The van der Waals surface area contributed by atoms with Crippen LogP contribution in [0.3, 0.4) is 0 Å². The Kier molecular flexibility index (Phi) is 4.87. The van der Waals surface area contributed by atoms with Crippen LogP contribution >= 0.6 is 0 Å². The first-order chi connectivity index (χ1) is 12.4. The Balaban J connectivity index is 2.27. The first kappa shape index (κ1) is 18.2. The van der Waals surface area contributed by atoms with Gasteiger partial charge in [0, 0.05) is 17.5 Å². The molecule has 3 heteroatoms. The Morgan fingerprint density at radius 3 is 2.35 bits per heavy atom. The molecule has 0 fully saturated rings. The van der Waals surface area contributed by atoms with E-state index in [4.69, 9.17) is 11.3 Å². The lowest BCUT2D eigenvalue weighted by molar-refractivity contribution is 0.0600. The van der Waals surface area contributed by atoms with Crippen molar-refractivity contribution in [3.63, 3.8) is 0 Å². The summed E-state index contributed by atoms with van der Waals surface area (Å²) in [5, 5.41) is 0. The topological polar surface area (TPSA) is 30.7 Å². The lowest BCUT2D eigenvalue weighted by Gasteiger charge is -2.27. The van der Waals surface area contributed by atoms with E-state index in [0.29, 0.717) is 11.5 Å². The van der Waals surface area contributed by atoms with E-state index in [9.17, 15) is 4.79 Å². The molecule has 0 saturated heterocycles. The third-order valence-electron chi connectivity index (χ3n) is 5.24. The van der Waals surface area contributed by atoms with Gasteiger partial charge >= 0.3 is 5.97 Å². The molecule has 26 heavy (non-hydrogen) atoms. The van der Waals surface area contributed by atoms with E-state index in [1.54, 1.807) is 6.07 Å². The highest BCUT2D eigenvalue weighted by Crippen LogP contribution is 2.45. The predicted molar refractivity (Wildman–Crippen MR) is 103 cm³/mol. The van der Waals surface area contributed by atoms with Crippen LogP contribution in [0.5, 0.6) is 0 Å². The molecule has 0 aromatic heterocycles. The Labute approximate surface area is 155 Å². The fourth-order valence-corrected chi connectivity index (χ4v) is 4.17. The van der Waals surface area contributed by atoms with Crippen LogP contribution in [0.2, 0.25) is 0 Å². The van der Waals surface area contributed by atoms with Crippen LogP contribution in [-0.4, -0.2) is 13.1 Å². The summed E-state index contributed by atoms with van der Waals surface area (Å²) >= 11 is 0. The molecule has 0 aliphatic heterocycles. The van der Waals surface area contributed by atoms with Gasteiger partial charge in [-0.15, -0.1) is 0 Å². The molecular formula is C23H25NO2. The molecule has 1 aliphatic rings. The van der Waals surface area contributed by atoms with Crippen molar-refractivity contribution in [1.29, 1.82) is 0 Å². The standard InChI is InChI=1S/C23H25NO2/c1-15(2)14-23(24-4)20-10-6-16(3)12-17(20)7-8-18-13-19(22(25)26-5)9-11-21(18)23/h6,9-13,15H,7-8,14H2,1-3,5H3. The van der Waals surface area contributed by atoms with E-state index >= 15 is 0 Å². The zero-order valence-electron chi connectivity index (χ0n) is 15.9. The summed E-state index contributed by atoms with van der Waals surface area (Å²) in [7, 11) is 1.40. The van der Waals surface area contributed by atoms with Crippen LogP contribution in [0.4, 0.5) is 0 Å². The lowest BCUT2D eigenvalue weighted by atomic mass is 9.75. The first-order valence-electron chi connectivity index (χ1n) is 9.11. The average molecular weight is 347 g/mol. The summed E-state index contributed by atoms with van der Waals surface area (Å²) in [5.41, 5.74) is 5.56. The van der Waals surface area contributed by atoms with Gasteiger partial charge in [0.25, 0.3) is 5.54 Å². The van der Waals surface area contributed by atoms with Gasteiger partial charge in [-0.25, -0.2) is 11.4 Å². The number of nitrogens with zero attached hydrogens (tertiary/aromatic N) is 1. The number of esters is 1. The Hall–Kier alpha value is -2.60. The molecule has 3 rings (SSSR count). The van der Waals surface area contributed by atoms with Crippen LogP contribution in [0.15, 0.2) is 36.4 Å². The second kappa shape index (κ2) is 6.96. The number of fused-ring (bicyclic) bond motifs is 2. The molecule has 0 heterocycles. The molecule has 0 spiro atoms. The lowest BCUT2D eigenvalue weighted by Crippen LogP contribution is -2.27. The van der Waals surface area contributed by atoms with Crippen molar-refractivity contribution in [3.05, 3.63) is 81.2 Å². The maximum absolute atomic E-state index is 12.0. The van der Waals surface area contributed by atoms with Gasteiger partial charge in [-0.1, -0.05) is 37.6 Å². The molecule has 0 bridgehead atoms. The number of rotatable bonds is 3. The number of hydrogen-bond acceptors (Lipinski definition) is 2. The van der Waals surface area contributed by atoms with Crippen molar-refractivity contribution < 1.29 is 9.53 Å². The summed E-state index contributed by atoms with van der Waals surface area (Å²) in [6, 6.07) is 12.1. The number of carbonyl (C=O) groups is 1. The Morgan fingerprint density at radius 1 is 1.15 bits per heavy atom. The maximum atomic E-state index is 12.0. The van der Waals surface area contributed by atoms with Crippen molar-refractivity contribution in [2.24, 2.45) is 5.92 Å². The number of aryl methyl sites for hydroxylation is 3. The molecule has 1 unspecified atom stereocenters. The van der Waals surface area contributed by atoms with Gasteiger partial charge in [0.2, 0.25) is 0 Å². The van der Waals surface area contributed by atoms with Gasteiger partial charge in [-0.2, -0.15) is 0 Å². The van der Waals surface area contributed by atoms with E-state index in [-0.39, 0.29) is 5.97 Å². The predicted octanol–water partition coefficient (Wildman–Crippen LogP) is 5.09. The Morgan fingerprint density at radius 2 is 1.77 bits per heavy atom. The molecule has 1 aliphatic carbocycles. The number of methoxy groups -OCH3 is 1. The van der Waals surface area contributed by atoms with E-state index < -0.39 is 5.54 Å². The van der Waals surface area contributed by atoms with E-state index in [2.05, 4.69) is 43.8 Å². The second-order valence-electron chi connectivity index (χ2n) is 7.59. The highest BCUT2D eigenvalue weighted by atomic mass is 16.5. The number of benzene rings is 2. The minimum Gasteiger partial charge on any atom is -0.465 e. The monoisotopic (exact) mass is 347 g/mol. The molecule has 0 amide bonds. The van der Waals surface area contributed by atoms with Crippen LogP contribution in [0.25, 0.3) is 4.85 Å². The Bertz CT molecular complexity index is 892. The van der Waals surface area contributed by atoms with Crippen molar-refractivity contribution in [1.82, 2.24) is 0 Å². The van der Waals surface area contributed by atoms with Crippen LogP contribution in [-0.2, 0) is 23.1 Å². The molecule has 2 aromatic carbocycles. The minimum atomic E-state index is -0.697. The number of carbonyl (C=O) groups excluding carboxylic acids is 1. The van der Waals surface area contributed by atoms with Crippen molar-refractivity contribution in [2.75, 3.05) is 7.11 Å². The van der Waals surface area contributed by atoms with Crippen LogP contribution < -0.4 is 0 Å². The zero-order chi connectivity index (χ0) is 18.9. The van der Waals surface area contributed by atoms with Gasteiger partial charge in [0.05, 0.1) is 12.7 Å². The van der Waals surface area contributed by atoms with Gasteiger partial charge in [0.1, 0.15) is 0 Å². The van der Waals surface area contributed by atoms with Gasteiger partial charge in [-0.05, 0) is 55.0 Å². The van der Waals surface area contributed by atoms with Crippen molar-refractivity contribution in [3.8, 4) is 0 Å². The van der Waals surface area contributed by atoms with Crippen molar-refractivity contribution in [2.45, 2.75) is 45.6 Å². The van der Waals surface area contributed by atoms with Crippen LogP contribution in [0.1, 0.15) is 58.4 Å². The van der Waals surface area contributed by atoms with Crippen molar-refractivity contribution >= 4 is 5.97 Å². The summed E-state index contributed by atoms with van der Waals surface area (Å²) in [4.78, 5) is 16.2. The highest BCUT2D eigenvalue weighted by Gasteiger charge is 2.46. The molecular weight excluding hydrogens is 322 g/mol. The maximum Gasteiger partial charge on any atom is 0.337 e. The quantitative estimate of drug-likeness (QED) is 0.572. The van der Waals surface area contributed by atoms with Gasteiger partial charge in [-0.3, -0.25) is 4.85 Å². The van der Waals surface area contributed by atoms with Gasteiger partial charge < -0.3 is 4.74 Å². The third kappa shape index (κ3) is 3.01. The molecule has 1 atom stereocenters. The fourth-order valence-electron chi connectivity index (χ4n) is 4.17. The highest BCUT2D eigenvalue weighted by molar-refractivity contribution is 5.89. The molecule has 134 valence electrons.